The van der Waals surface area contributed by atoms with Gasteiger partial charge >= 0.3 is 0 Å². The zero-order valence-electron chi connectivity index (χ0n) is 7.49. The highest BCUT2D eigenvalue weighted by atomic mass is 19.3. The molecule has 0 atom stereocenters. The summed E-state index contributed by atoms with van der Waals surface area (Å²) in [7, 11) is 0. The van der Waals surface area contributed by atoms with Crippen molar-refractivity contribution in [2.45, 2.75) is 6.43 Å². The second kappa shape index (κ2) is 6.20. The van der Waals surface area contributed by atoms with Crippen molar-refractivity contribution in [1.29, 1.82) is 0 Å². The summed E-state index contributed by atoms with van der Waals surface area (Å²) in [5, 5.41) is 2.90. The maximum absolute atomic E-state index is 11.6. The molecule has 0 aromatic carbocycles. The smallest absolute Gasteiger partial charge is 0.261 e. The van der Waals surface area contributed by atoms with Crippen LogP contribution < -0.4 is 5.32 Å². The number of ether oxygens (including phenoxy) is 1. The summed E-state index contributed by atoms with van der Waals surface area (Å²) in [4.78, 5) is 7.62. The molecule has 1 heterocycles. The number of hydrogen-bond donors (Lipinski definition) is 1. The molecule has 1 aromatic rings. The van der Waals surface area contributed by atoms with Gasteiger partial charge in [0.05, 0.1) is 6.61 Å². The van der Waals surface area contributed by atoms with Crippen molar-refractivity contribution in [2.24, 2.45) is 0 Å². The highest BCUT2D eigenvalue weighted by Crippen LogP contribution is 1.97. The molecule has 6 heteroatoms. The van der Waals surface area contributed by atoms with Crippen LogP contribution in [0.3, 0.4) is 0 Å². The Bertz CT molecular complexity index is 246. The molecule has 1 N–H and O–H groups in total. The van der Waals surface area contributed by atoms with E-state index >= 15 is 0 Å². The molecular weight excluding hydrogens is 192 g/mol. The van der Waals surface area contributed by atoms with Gasteiger partial charge in [0, 0.05) is 12.7 Å². The molecular formula is C8H11F2N3O. The van der Waals surface area contributed by atoms with Gasteiger partial charge in [-0.3, -0.25) is 0 Å². The van der Waals surface area contributed by atoms with Crippen LogP contribution in [0, 0.1) is 0 Å². The van der Waals surface area contributed by atoms with Gasteiger partial charge in [0.15, 0.2) is 0 Å². The number of halogens is 2. The zero-order chi connectivity index (χ0) is 10.2. The number of alkyl halides is 2. The molecule has 1 aromatic heterocycles. The Balaban J connectivity index is 2.05. The Morgan fingerprint density at radius 1 is 1.50 bits per heavy atom. The standard InChI is InChI=1S/C8H11F2N3O/c9-7(10)5-14-4-3-12-8-1-2-11-6-13-8/h1-2,6-7H,3-5H2,(H,11,12,13). The first-order valence-corrected chi connectivity index (χ1v) is 4.15. The van der Waals surface area contributed by atoms with Crippen LogP contribution in [0.4, 0.5) is 14.6 Å². The lowest BCUT2D eigenvalue weighted by Gasteiger charge is -2.05. The van der Waals surface area contributed by atoms with Gasteiger partial charge in [0.25, 0.3) is 6.43 Å². The molecule has 0 radical (unpaired) electrons. The Kier molecular flexibility index (Phi) is 4.77. The molecule has 0 bridgehead atoms. The molecule has 1 rings (SSSR count). The maximum atomic E-state index is 11.6. The molecule has 0 unspecified atom stereocenters. The SMILES string of the molecule is FC(F)COCCNc1ccncn1. The second-order valence-electron chi connectivity index (χ2n) is 2.49. The van der Waals surface area contributed by atoms with Crippen molar-refractivity contribution in [3.05, 3.63) is 18.6 Å². The third-order valence-electron chi connectivity index (χ3n) is 1.38. The highest BCUT2D eigenvalue weighted by Gasteiger charge is 2.00. The van der Waals surface area contributed by atoms with E-state index in [1.54, 1.807) is 12.3 Å². The predicted octanol–water partition coefficient (Wildman–Crippen LogP) is 1.17. The van der Waals surface area contributed by atoms with Gasteiger partial charge in [-0.1, -0.05) is 0 Å². The molecule has 0 aliphatic carbocycles. The van der Waals surface area contributed by atoms with E-state index in [-0.39, 0.29) is 6.61 Å². The van der Waals surface area contributed by atoms with Crippen LogP contribution >= 0.6 is 0 Å². The monoisotopic (exact) mass is 203 g/mol. The average molecular weight is 203 g/mol. The molecule has 0 aliphatic heterocycles. The first-order chi connectivity index (χ1) is 6.79. The summed E-state index contributed by atoms with van der Waals surface area (Å²) < 4.78 is 27.9. The summed E-state index contributed by atoms with van der Waals surface area (Å²) in [5.74, 6) is 0.653. The first kappa shape index (κ1) is 10.8. The summed E-state index contributed by atoms with van der Waals surface area (Å²) in [6.07, 6.45) is 0.589. The van der Waals surface area contributed by atoms with E-state index in [9.17, 15) is 8.78 Å². The third-order valence-corrected chi connectivity index (χ3v) is 1.38. The van der Waals surface area contributed by atoms with Crippen LogP contribution in [0.2, 0.25) is 0 Å². The number of nitrogens with one attached hydrogen (secondary N) is 1. The van der Waals surface area contributed by atoms with Gasteiger partial charge in [-0.15, -0.1) is 0 Å². The summed E-state index contributed by atoms with van der Waals surface area (Å²) in [5.41, 5.74) is 0. The van der Waals surface area contributed by atoms with Crippen molar-refractivity contribution in [3.63, 3.8) is 0 Å². The number of hydrogen-bond acceptors (Lipinski definition) is 4. The van der Waals surface area contributed by atoms with Crippen molar-refractivity contribution >= 4 is 5.82 Å². The van der Waals surface area contributed by atoms with Gasteiger partial charge in [0.2, 0.25) is 0 Å². The minimum absolute atomic E-state index is 0.230. The molecule has 0 aliphatic rings. The fourth-order valence-corrected chi connectivity index (χ4v) is 0.819. The third kappa shape index (κ3) is 4.66. The Morgan fingerprint density at radius 3 is 3.00 bits per heavy atom. The fourth-order valence-electron chi connectivity index (χ4n) is 0.819. The Hall–Kier alpha value is -1.30. The van der Waals surface area contributed by atoms with Gasteiger partial charge in [-0.25, -0.2) is 18.7 Å². The van der Waals surface area contributed by atoms with Crippen LogP contribution in [0.1, 0.15) is 0 Å². The lowest BCUT2D eigenvalue weighted by atomic mass is 10.5. The molecule has 14 heavy (non-hydrogen) atoms. The van der Waals surface area contributed by atoms with Gasteiger partial charge in [0.1, 0.15) is 18.8 Å². The number of rotatable bonds is 6. The molecule has 0 saturated carbocycles. The van der Waals surface area contributed by atoms with Crippen LogP contribution in [0.15, 0.2) is 18.6 Å². The zero-order valence-corrected chi connectivity index (χ0v) is 7.49. The summed E-state index contributed by atoms with van der Waals surface area (Å²) >= 11 is 0. The molecule has 0 fully saturated rings. The van der Waals surface area contributed by atoms with Crippen molar-refractivity contribution in [1.82, 2.24) is 9.97 Å². The van der Waals surface area contributed by atoms with Gasteiger partial charge < -0.3 is 10.1 Å². The van der Waals surface area contributed by atoms with E-state index in [0.717, 1.165) is 0 Å². The van der Waals surface area contributed by atoms with Crippen molar-refractivity contribution in [2.75, 3.05) is 25.1 Å². The molecule has 0 spiro atoms. The van der Waals surface area contributed by atoms with E-state index in [1.807, 2.05) is 0 Å². The highest BCUT2D eigenvalue weighted by molar-refractivity contribution is 5.31. The Labute approximate surface area is 80.3 Å². The summed E-state index contributed by atoms with van der Waals surface area (Å²) in [6, 6.07) is 1.69. The lowest BCUT2D eigenvalue weighted by Crippen LogP contribution is -2.13. The second-order valence-corrected chi connectivity index (χ2v) is 2.49. The van der Waals surface area contributed by atoms with Crippen molar-refractivity contribution < 1.29 is 13.5 Å². The van der Waals surface area contributed by atoms with E-state index in [1.165, 1.54) is 6.33 Å². The van der Waals surface area contributed by atoms with E-state index in [2.05, 4.69) is 20.0 Å². The quantitative estimate of drug-likeness (QED) is 0.705. The Morgan fingerprint density at radius 2 is 2.36 bits per heavy atom. The summed E-state index contributed by atoms with van der Waals surface area (Å²) in [6.45, 7) is 0.156. The molecule has 4 nitrogen and oxygen atoms in total. The predicted molar refractivity (Wildman–Crippen MR) is 47.3 cm³/mol. The number of nitrogens with zero attached hydrogens (tertiary/aromatic N) is 2. The van der Waals surface area contributed by atoms with Gasteiger partial charge in [-0.05, 0) is 6.07 Å². The van der Waals surface area contributed by atoms with E-state index in [0.29, 0.717) is 12.4 Å². The number of anilines is 1. The minimum atomic E-state index is -2.41. The molecule has 0 saturated heterocycles. The molecule has 0 amide bonds. The average Bonchev–Trinajstić information content (AvgIpc) is 2.18. The van der Waals surface area contributed by atoms with Crippen molar-refractivity contribution in [3.8, 4) is 0 Å². The minimum Gasteiger partial charge on any atom is -0.374 e. The fraction of sp³-hybridized carbons (Fsp3) is 0.500. The maximum Gasteiger partial charge on any atom is 0.261 e. The van der Waals surface area contributed by atoms with Gasteiger partial charge in [-0.2, -0.15) is 0 Å². The van der Waals surface area contributed by atoms with Crippen LogP contribution in [0.25, 0.3) is 0 Å². The van der Waals surface area contributed by atoms with E-state index < -0.39 is 13.0 Å². The largest absolute Gasteiger partial charge is 0.374 e. The first-order valence-electron chi connectivity index (χ1n) is 4.15. The van der Waals surface area contributed by atoms with Crippen LogP contribution in [0.5, 0.6) is 0 Å². The molecule has 78 valence electrons. The number of aromatic nitrogens is 2. The van der Waals surface area contributed by atoms with E-state index in [4.69, 9.17) is 0 Å². The normalized spacial score (nSPS) is 10.5. The van der Waals surface area contributed by atoms with Crippen LogP contribution in [-0.2, 0) is 4.74 Å². The topological polar surface area (TPSA) is 47.0 Å². The lowest BCUT2D eigenvalue weighted by molar-refractivity contribution is 0.0215. The van der Waals surface area contributed by atoms with Crippen LogP contribution in [-0.4, -0.2) is 36.2 Å².